The van der Waals surface area contributed by atoms with Gasteiger partial charge in [-0.1, -0.05) is 24.3 Å². The molecule has 2 aromatic heterocycles. The van der Waals surface area contributed by atoms with Crippen LogP contribution in [0.3, 0.4) is 0 Å². The van der Waals surface area contributed by atoms with Gasteiger partial charge in [-0.05, 0) is 73.5 Å². The zero-order valence-electron chi connectivity index (χ0n) is 36.2. The first-order valence-electron chi connectivity index (χ1n) is 21.0. The van der Waals surface area contributed by atoms with Crippen molar-refractivity contribution in [2.45, 2.75) is 38.9 Å². The quantitative estimate of drug-likeness (QED) is 0.123. The van der Waals surface area contributed by atoms with Crippen molar-refractivity contribution in [2.75, 3.05) is 69.3 Å². The van der Waals surface area contributed by atoms with Gasteiger partial charge in [0.25, 0.3) is 11.8 Å². The standard InChI is InChI=1S/C24H26N4O5.C23H24N4O5/c1-15-11-18-17(14-25-23(26-18)16-5-3-4-6-20(16)29)19(12-15)27-7-9-28(10-8-27)24(32)21(30)13-22(31)33-2;1-14-10-17-16(13-24-22(25-17)15-4-2-3-5-19(15)28)18(11-14)26-6-8-27(9-7-26)23(32)20(29)12-21(30)31/h3-6,11-12,14,21,29-30H,7-10,13H2,1-2H3;2-5,10-11,13,20,28-29H,6-9,12H2,1H3,(H,30,31)/t21-;20-/m11/s1. The average Bonchev–Trinajstić information content (AvgIpc) is 3.30. The number of phenols is 2. The van der Waals surface area contributed by atoms with Crippen molar-refractivity contribution < 1.29 is 49.4 Å². The van der Waals surface area contributed by atoms with E-state index in [0.717, 1.165) is 44.3 Å². The predicted molar refractivity (Wildman–Crippen MR) is 241 cm³/mol. The number of esters is 1. The number of aromatic hydroxyl groups is 2. The molecular formula is C47H50N8O10. The van der Waals surface area contributed by atoms with Gasteiger partial charge in [-0.25, -0.2) is 19.9 Å². The van der Waals surface area contributed by atoms with E-state index in [2.05, 4.69) is 40.5 Å². The summed E-state index contributed by atoms with van der Waals surface area (Å²) in [7, 11) is 1.22. The molecule has 18 nitrogen and oxygen atoms in total. The molecule has 2 saturated heterocycles. The number of carbonyl (C=O) groups is 4. The Hall–Kier alpha value is -7.44. The normalized spacial score (nSPS) is 15.0. The highest BCUT2D eigenvalue weighted by molar-refractivity contribution is 5.95. The number of aliphatic carboxylic acids is 1. The van der Waals surface area contributed by atoms with E-state index >= 15 is 0 Å². The molecule has 4 aromatic carbocycles. The van der Waals surface area contributed by atoms with Crippen molar-refractivity contribution in [2.24, 2.45) is 0 Å². The predicted octanol–water partition coefficient (Wildman–Crippen LogP) is 3.68. The molecule has 0 bridgehead atoms. The summed E-state index contributed by atoms with van der Waals surface area (Å²) in [6.45, 7) is 7.76. The molecule has 6 aromatic rings. The molecule has 0 saturated carbocycles. The fraction of sp³-hybridized carbons (Fsp3) is 0.319. The fourth-order valence-electron chi connectivity index (χ4n) is 7.95. The van der Waals surface area contributed by atoms with E-state index in [0.29, 0.717) is 75.1 Å². The molecule has 0 unspecified atom stereocenters. The molecule has 2 aliphatic rings. The van der Waals surface area contributed by atoms with Crippen molar-refractivity contribution in [3.63, 3.8) is 0 Å². The highest BCUT2D eigenvalue weighted by Crippen LogP contribution is 2.34. The van der Waals surface area contributed by atoms with Gasteiger partial charge in [-0.15, -0.1) is 0 Å². The topological polar surface area (TPSA) is 243 Å². The van der Waals surface area contributed by atoms with Crippen LogP contribution in [0.15, 0.2) is 85.2 Å². The smallest absolute Gasteiger partial charge is 0.308 e. The lowest BCUT2D eigenvalue weighted by Gasteiger charge is -2.37. The van der Waals surface area contributed by atoms with Crippen LogP contribution in [0.2, 0.25) is 0 Å². The van der Waals surface area contributed by atoms with Crippen molar-refractivity contribution in [3.05, 3.63) is 96.3 Å². The maximum Gasteiger partial charge on any atom is 0.308 e. The number of methoxy groups -OCH3 is 1. The maximum atomic E-state index is 12.5. The number of carboxylic acid groups (broad SMARTS) is 1. The summed E-state index contributed by atoms with van der Waals surface area (Å²) in [5, 5.41) is 50.7. The molecule has 18 heteroatoms. The fourth-order valence-corrected chi connectivity index (χ4v) is 7.95. The summed E-state index contributed by atoms with van der Waals surface area (Å²) >= 11 is 0. The highest BCUT2D eigenvalue weighted by atomic mass is 16.5. The maximum absolute atomic E-state index is 12.5. The van der Waals surface area contributed by atoms with Gasteiger partial charge < -0.3 is 49.9 Å². The second kappa shape index (κ2) is 19.9. The molecule has 65 heavy (non-hydrogen) atoms. The number of aromatic nitrogens is 4. The number of aliphatic hydroxyl groups is 2. The summed E-state index contributed by atoms with van der Waals surface area (Å²) < 4.78 is 4.52. The minimum absolute atomic E-state index is 0.116. The van der Waals surface area contributed by atoms with Crippen LogP contribution >= 0.6 is 0 Å². The molecule has 2 fully saturated rings. The number of hydrogen-bond donors (Lipinski definition) is 5. The number of amides is 2. The van der Waals surface area contributed by atoms with Crippen LogP contribution in [0.4, 0.5) is 11.4 Å². The molecule has 8 rings (SSSR count). The molecule has 2 aliphatic heterocycles. The van der Waals surface area contributed by atoms with Crippen LogP contribution in [-0.2, 0) is 23.9 Å². The van der Waals surface area contributed by atoms with Crippen LogP contribution in [0.1, 0.15) is 24.0 Å². The van der Waals surface area contributed by atoms with Crippen molar-refractivity contribution >= 4 is 56.9 Å². The number of ether oxygens (including phenoxy) is 1. The van der Waals surface area contributed by atoms with E-state index in [4.69, 9.17) is 5.11 Å². The molecule has 5 N–H and O–H groups in total. The number of hydrogen-bond acceptors (Lipinski definition) is 15. The third-order valence-electron chi connectivity index (χ3n) is 11.3. The minimum atomic E-state index is -1.53. The lowest BCUT2D eigenvalue weighted by Crippen LogP contribution is -2.51. The van der Waals surface area contributed by atoms with E-state index < -0.39 is 42.4 Å². The number of carbonyl (C=O) groups excluding carboxylic acids is 3. The van der Waals surface area contributed by atoms with Crippen LogP contribution in [0.5, 0.6) is 11.5 Å². The molecule has 0 radical (unpaired) electrons. The van der Waals surface area contributed by atoms with Gasteiger partial charge in [0.2, 0.25) is 0 Å². The Morgan fingerprint density at radius 2 is 1.02 bits per heavy atom. The van der Waals surface area contributed by atoms with E-state index in [9.17, 15) is 39.6 Å². The Morgan fingerprint density at radius 1 is 0.615 bits per heavy atom. The molecular weight excluding hydrogens is 837 g/mol. The Bertz CT molecular complexity index is 2740. The first kappa shape index (κ1) is 45.6. The van der Waals surface area contributed by atoms with Gasteiger partial charge in [-0.3, -0.25) is 19.2 Å². The number of fused-ring (bicyclic) bond motifs is 2. The number of carboxylic acids is 1. The van der Waals surface area contributed by atoms with Crippen molar-refractivity contribution in [1.29, 1.82) is 0 Å². The van der Waals surface area contributed by atoms with Gasteiger partial charge in [0, 0.05) is 86.9 Å². The zero-order chi connectivity index (χ0) is 46.4. The minimum Gasteiger partial charge on any atom is -0.507 e. The van der Waals surface area contributed by atoms with Crippen LogP contribution in [0.25, 0.3) is 44.6 Å². The van der Waals surface area contributed by atoms with E-state index in [1.807, 2.05) is 44.2 Å². The van der Waals surface area contributed by atoms with Gasteiger partial charge in [0.1, 0.15) is 23.7 Å². The van der Waals surface area contributed by atoms with E-state index in [-0.39, 0.29) is 17.9 Å². The third-order valence-corrected chi connectivity index (χ3v) is 11.3. The number of piperazine rings is 2. The molecule has 0 spiro atoms. The molecule has 338 valence electrons. The second-order valence-corrected chi connectivity index (χ2v) is 15.9. The van der Waals surface area contributed by atoms with Gasteiger partial charge >= 0.3 is 11.9 Å². The Balaban J connectivity index is 0.000000194. The van der Waals surface area contributed by atoms with Crippen molar-refractivity contribution in [1.82, 2.24) is 29.7 Å². The second-order valence-electron chi connectivity index (χ2n) is 15.9. The summed E-state index contributed by atoms with van der Waals surface area (Å²) in [4.78, 5) is 72.5. The average molecular weight is 887 g/mol. The summed E-state index contributed by atoms with van der Waals surface area (Å²) in [5.41, 5.74) is 6.62. The first-order valence-corrected chi connectivity index (χ1v) is 21.0. The monoisotopic (exact) mass is 886 g/mol. The SMILES string of the molecule is COC(=O)C[C@@H](O)C(=O)N1CCN(c2cc(C)cc3nc(-c4ccccc4O)ncc23)CC1.Cc1cc(N2CCN(C(=O)[C@H](O)CC(=O)O)CC2)c2cnc(-c3ccccc3O)nc2c1. The third kappa shape index (κ3) is 10.5. The summed E-state index contributed by atoms with van der Waals surface area (Å²) in [6, 6.07) is 21.9. The number of phenolic OH excluding ortho intramolecular Hbond substituents is 2. The van der Waals surface area contributed by atoms with Crippen LogP contribution < -0.4 is 9.80 Å². The molecule has 4 heterocycles. The molecule has 2 atom stereocenters. The lowest BCUT2D eigenvalue weighted by molar-refractivity contribution is -0.150. The number of aliphatic hydroxyl groups excluding tert-OH is 2. The first-order chi connectivity index (χ1) is 31.2. The summed E-state index contributed by atoms with van der Waals surface area (Å²) in [6.07, 6.45) is -0.374. The number of anilines is 2. The van der Waals surface area contributed by atoms with Crippen LogP contribution in [0, 0.1) is 13.8 Å². The molecule has 0 aliphatic carbocycles. The Labute approximate surface area is 374 Å². The lowest BCUT2D eigenvalue weighted by atomic mass is 10.1. The van der Waals surface area contributed by atoms with Crippen LogP contribution in [-0.4, -0.2) is 151 Å². The van der Waals surface area contributed by atoms with Gasteiger partial charge in [-0.2, -0.15) is 0 Å². The van der Waals surface area contributed by atoms with E-state index in [1.165, 1.54) is 12.0 Å². The number of benzene rings is 4. The van der Waals surface area contributed by atoms with Crippen molar-refractivity contribution in [3.8, 4) is 34.3 Å². The highest BCUT2D eigenvalue weighted by Gasteiger charge is 2.30. The van der Waals surface area contributed by atoms with Gasteiger partial charge in [0.05, 0.1) is 42.1 Å². The largest absolute Gasteiger partial charge is 0.507 e. The van der Waals surface area contributed by atoms with Gasteiger partial charge in [0.15, 0.2) is 11.6 Å². The molecule has 2 amide bonds. The Kier molecular flexibility index (Phi) is 14.0. The number of nitrogens with zero attached hydrogens (tertiary/aromatic N) is 8. The zero-order valence-corrected chi connectivity index (χ0v) is 36.2. The van der Waals surface area contributed by atoms with E-state index in [1.54, 1.807) is 53.7 Å². The number of para-hydroxylation sites is 2. The number of rotatable bonds is 10. The summed E-state index contributed by atoms with van der Waals surface area (Å²) in [5.74, 6) is -1.72. The number of aryl methyl sites for hydroxylation is 2. The Morgan fingerprint density at radius 3 is 1.40 bits per heavy atom.